The normalized spacial score (nSPS) is 15.8. The third-order valence-electron chi connectivity index (χ3n) is 7.72. The lowest BCUT2D eigenvalue weighted by Gasteiger charge is -2.39. The standard InChI is InChI=1S/C30H37N5O5.H2S/c1-3-30(38)35-15-23(16-35)33-29-12-21(8-10-32-29)27(37)6-5-24(36)17-34-11-9-26-20(2)28(7-4-22(26)14-34)39-18-25-13-31-19-40-25;/h4,7-8,10,12-13,19,23-24,36H,3,5-6,9,11,14-18H2,1-2H3,(H,32,33);1H2/t24-;/m0./s1. The molecule has 1 atom stereocenters. The molecule has 3 aromatic rings. The van der Waals surface area contributed by atoms with Gasteiger partial charge in [-0.15, -0.1) is 0 Å². The van der Waals surface area contributed by atoms with Gasteiger partial charge in [0, 0.05) is 57.3 Å². The number of carbonyl (C=O) groups is 2. The van der Waals surface area contributed by atoms with E-state index < -0.39 is 6.10 Å². The fourth-order valence-corrected chi connectivity index (χ4v) is 5.37. The molecule has 0 unspecified atom stereocenters. The number of rotatable bonds is 12. The number of nitrogens with one attached hydrogen (secondary N) is 1. The first-order valence-electron chi connectivity index (χ1n) is 13.9. The number of aliphatic hydroxyl groups excluding tert-OH is 1. The van der Waals surface area contributed by atoms with Crippen LogP contribution in [0.4, 0.5) is 5.82 Å². The van der Waals surface area contributed by atoms with E-state index in [1.54, 1.807) is 24.5 Å². The van der Waals surface area contributed by atoms with Crippen LogP contribution in [0.3, 0.4) is 0 Å². The number of oxazole rings is 1. The van der Waals surface area contributed by atoms with Gasteiger partial charge in [0.2, 0.25) is 5.91 Å². The predicted octanol–water partition coefficient (Wildman–Crippen LogP) is 3.48. The Morgan fingerprint density at radius 1 is 1.27 bits per heavy atom. The lowest BCUT2D eigenvalue weighted by atomic mass is 9.94. The van der Waals surface area contributed by atoms with E-state index in [2.05, 4.69) is 33.2 Å². The molecular weight excluding hydrogens is 542 g/mol. The van der Waals surface area contributed by atoms with Crippen LogP contribution in [-0.2, 0) is 24.4 Å². The Morgan fingerprint density at radius 2 is 2.10 bits per heavy atom. The van der Waals surface area contributed by atoms with Crippen LogP contribution in [0.15, 0.2) is 47.5 Å². The number of β-amino-alcohol motifs (C(OH)–C–C–N with tert-alkyl or cyclic N) is 1. The maximum atomic E-state index is 12.9. The summed E-state index contributed by atoms with van der Waals surface area (Å²) in [5.74, 6) is 2.30. The van der Waals surface area contributed by atoms with Crippen molar-refractivity contribution in [2.75, 3.05) is 31.5 Å². The minimum atomic E-state index is -0.590. The fraction of sp³-hybridized carbons (Fsp3) is 0.467. The van der Waals surface area contributed by atoms with Crippen molar-refractivity contribution in [2.24, 2.45) is 0 Å². The van der Waals surface area contributed by atoms with Gasteiger partial charge >= 0.3 is 0 Å². The number of amides is 1. The Bertz CT molecular complexity index is 1330. The van der Waals surface area contributed by atoms with Crippen molar-refractivity contribution < 1.29 is 23.8 Å². The van der Waals surface area contributed by atoms with Gasteiger partial charge in [-0.3, -0.25) is 14.5 Å². The molecule has 0 bridgehead atoms. The summed E-state index contributed by atoms with van der Waals surface area (Å²) in [6.07, 6.45) is 6.13. The molecule has 0 radical (unpaired) electrons. The minimum Gasteiger partial charge on any atom is -0.485 e. The first-order valence-corrected chi connectivity index (χ1v) is 13.9. The van der Waals surface area contributed by atoms with Gasteiger partial charge in [0.1, 0.15) is 18.2 Å². The molecule has 1 fully saturated rings. The van der Waals surface area contributed by atoms with Crippen LogP contribution in [0.1, 0.15) is 59.0 Å². The van der Waals surface area contributed by atoms with E-state index in [1.807, 2.05) is 17.9 Å². The molecule has 0 spiro atoms. The van der Waals surface area contributed by atoms with Crippen molar-refractivity contribution >= 4 is 31.0 Å². The molecule has 4 heterocycles. The number of hydrogen-bond donors (Lipinski definition) is 2. The van der Waals surface area contributed by atoms with Crippen molar-refractivity contribution in [3.05, 3.63) is 71.1 Å². The molecule has 41 heavy (non-hydrogen) atoms. The maximum absolute atomic E-state index is 12.9. The summed E-state index contributed by atoms with van der Waals surface area (Å²) in [6.45, 7) is 7.70. The summed E-state index contributed by atoms with van der Waals surface area (Å²) >= 11 is 0. The number of aromatic nitrogens is 2. The largest absolute Gasteiger partial charge is 0.485 e. The monoisotopic (exact) mass is 581 g/mol. The minimum absolute atomic E-state index is 0. The Morgan fingerprint density at radius 3 is 2.85 bits per heavy atom. The van der Waals surface area contributed by atoms with Gasteiger partial charge in [-0.1, -0.05) is 13.0 Å². The van der Waals surface area contributed by atoms with E-state index in [1.165, 1.54) is 17.5 Å². The van der Waals surface area contributed by atoms with Crippen molar-refractivity contribution in [1.29, 1.82) is 0 Å². The molecule has 2 N–H and O–H groups in total. The highest BCUT2D eigenvalue weighted by Gasteiger charge is 2.29. The number of pyridine rings is 1. The second-order valence-electron chi connectivity index (χ2n) is 10.6. The number of ketones is 1. The zero-order valence-corrected chi connectivity index (χ0v) is 24.6. The van der Waals surface area contributed by atoms with E-state index in [4.69, 9.17) is 9.15 Å². The van der Waals surface area contributed by atoms with Crippen molar-refractivity contribution in [3.8, 4) is 5.75 Å². The summed E-state index contributed by atoms with van der Waals surface area (Å²) < 4.78 is 11.2. The van der Waals surface area contributed by atoms with Crippen LogP contribution in [0.2, 0.25) is 0 Å². The van der Waals surface area contributed by atoms with Crippen molar-refractivity contribution in [2.45, 2.75) is 64.8 Å². The molecule has 2 aliphatic rings. The average Bonchev–Trinajstić information content (AvgIpc) is 3.46. The Kier molecular flexibility index (Phi) is 10.4. The number of nitrogens with zero attached hydrogens (tertiary/aromatic N) is 4. The second kappa shape index (κ2) is 14.0. The molecule has 10 nitrogen and oxygen atoms in total. The average molecular weight is 582 g/mol. The summed E-state index contributed by atoms with van der Waals surface area (Å²) in [5, 5.41) is 14.0. The highest BCUT2D eigenvalue weighted by atomic mass is 32.1. The highest BCUT2D eigenvalue weighted by Crippen LogP contribution is 2.30. The summed E-state index contributed by atoms with van der Waals surface area (Å²) in [6, 6.07) is 7.70. The Balaban J connectivity index is 0.00000387. The predicted molar refractivity (Wildman–Crippen MR) is 159 cm³/mol. The SMILES string of the molecule is CCC(=O)N1CC(Nc2cc(C(=O)CC[C@H](O)CN3CCc4c(ccc(OCc5cnco5)c4C)C3)ccn2)C1.S. The topological polar surface area (TPSA) is 121 Å². The van der Waals surface area contributed by atoms with Gasteiger partial charge in [-0.25, -0.2) is 9.97 Å². The zero-order chi connectivity index (χ0) is 28.1. The molecule has 0 aliphatic carbocycles. The number of benzene rings is 1. The van der Waals surface area contributed by atoms with Gasteiger partial charge in [0.05, 0.1) is 18.3 Å². The number of fused-ring (bicyclic) bond motifs is 1. The highest BCUT2D eigenvalue weighted by molar-refractivity contribution is 7.59. The van der Waals surface area contributed by atoms with Crippen LogP contribution in [-0.4, -0.2) is 74.9 Å². The first-order chi connectivity index (χ1) is 19.4. The zero-order valence-electron chi connectivity index (χ0n) is 23.6. The summed E-state index contributed by atoms with van der Waals surface area (Å²) in [4.78, 5) is 36.9. The maximum Gasteiger partial charge on any atom is 0.222 e. The quantitative estimate of drug-likeness (QED) is 0.310. The molecular formula is C30H39N5O5S. The smallest absolute Gasteiger partial charge is 0.222 e. The Hall–Kier alpha value is -3.41. The Labute approximate surface area is 247 Å². The number of carbonyl (C=O) groups excluding carboxylic acids is 2. The molecule has 1 amide bonds. The number of Topliss-reactive ketones (excluding diaryl/α,β-unsaturated/α-hetero) is 1. The van der Waals surface area contributed by atoms with Crippen LogP contribution in [0.25, 0.3) is 0 Å². The lowest BCUT2D eigenvalue weighted by molar-refractivity contribution is -0.134. The number of likely N-dealkylation sites (tertiary alicyclic amines) is 1. The molecule has 0 saturated carbocycles. The number of anilines is 1. The second-order valence-corrected chi connectivity index (χ2v) is 10.6. The van der Waals surface area contributed by atoms with E-state index in [0.29, 0.717) is 56.2 Å². The lowest BCUT2D eigenvalue weighted by Crippen LogP contribution is -2.56. The van der Waals surface area contributed by atoms with Gasteiger partial charge in [-0.05, 0) is 54.7 Å². The van der Waals surface area contributed by atoms with Gasteiger partial charge < -0.3 is 24.5 Å². The van der Waals surface area contributed by atoms with E-state index in [-0.39, 0.29) is 37.6 Å². The number of aliphatic hydroxyl groups is 1. The molecule has 220 valence electrons. The van der Waals surface area contributed by atoms with Crippen LogP contribution in [0, 0.1) is 6.92 Å². The summed E-state index contributed by atoms with van der Waals surface area (Å²) in [5.41, 5.74) is 4.25. The van der Waals surface area contributed by atoms with Crippen molar-refractivity contribution in [1.82, 2.24) is 19.8 Å². The van der Waals surface area contributed by atoms with Gasteiger partial charge in [-0.2, -0.15) is 13.5 Å². The fourth-order valence-electron chi connectivity index (χ4n) is 5.37. The molecule has 2 aromatic heterocycles. The first kappa shape index (κ1) is 30.5. The van der Waals surface area contributed by atoms with Gasteiger partial charge in [0.25, 0.3) is 0 Å². The van der Waals surface area contributed by atoms with E-state index in [0.717, 1.165) is 30.8 Å². The third-order valence-corrected chi connectivity index (χ3v) is 7.72. The van der Waals surface area contributed by atoms with E-state index in [9.17, 15) is 14.7 Å². The van der Waals surface area contributed by atoms with Crippen LogP contribution >= 0.6 is 13.5 Å². The summed E-state index contributed by atoms with van der Waals surface area (Å²) in [7, 11) is 0. The third kappa shape index (κ3) is 7.66. The molecule has 11 heteroatoms. The number of ether oxygens (including phenoxy) is 1. The number of hydrogen-bond acceptors (Lipinski definition) is 9. The molecule has 5 rings (SSSR count). The van der Waals surface area contributed by atoms with Crippen LogP contribution in [0.5, 0.6) is 5.75 Å². The van der Waals surface area contributed by atoms with Crippen molar-refractivity contribution in [3.63, 3.8) is 0 Å². The molecule has 1 aromatic carbocycles. The molecule has 2 aliphatic heterocycles. The van der Waals surface area contributed by atoms with Crippen LogP contribution < -0.4 is 10.1 Å². The molecule has 1 saturated heterocycles. The van der Waals surface area contributed by atoms with Gasteiger partial charge in [0.15, 0.2) is 17.9 Å². The van der Waals surface area contributed by atoms with E-state index >= 15 is 0 Å².